The molecule has 0 fully saturated rings. The van der Waals surface area contributed by atoms with Crippen LogP contribution in [0.2, 0.25) is 0 Å². The van der Waals surface area contributed by atoms with Crippen molar-refractivity contribution in [1.82, 2.24) is 0 Å². The van der Waals surface area contributed by atoms with Crippen LogP contribution in [0.25, 0.3) is 0 Å². The van der Waals surface area contributed by atoms with Gasteiger partial charge >= 0.3 is 5.97 Å². The molecule has 0 aromatic carbocycles. The lowest BCUT2D eigenvalue weighted by Crippen LogP contribution is -1.94. The summed E-state index contributed by atoms with van der Waals surface area (Å²) in [6, 6.07) is 2.27. The van der Waals surface area contributed by atoms with Gasteiger partial charge in [-0.05, 0) is 43.7 Å². The van der Waals surface area contributed by atoms with Gasteiger partial charge in [-0.2, -0.15) is 0 Å². The normalized spacial score (nSPS) is 14.3. The first-order chi connectivity index (χ1) is 6.75. The molecule has 2 nitrogen and oxygen atoms in total. The molecule has 1 N–H and O–H groups in total. The zero-order valence-corrected chi connectivity index (χ0v) is 8.90. The predicted octanol–water partition coefficient (Wildman–Crippen LogP) is 2.64. The zero-order valence-electron chi connectivity index (χ0n) is 8.08. The topological polar surface area (TPSA) is 37.3 Å². The van der Waals surface area contributed by atoms with E-state index < -0.39 is 5.97 Å². The van der Waals surface area contributed by atoms with Gasteiger partial charge in [0.25, 0.3) is 0 Å². The van der Waals surface area contributed by atoms with Gasteiger partial charge in [-0.15, -0.1) is 11.3 Å². The second-order valence-corrected chi connectivity index (χ2v) is 4.98. The monoisotopic (exact) mass is 210 g/mol. The van der Waals surface area contributed by atoms with Gasteiger partial charge < -0.3 is 5.11 Å². The number of aliphatic carboxylic acids is 1. The third kappa shape index (κ3) is 2.15. The molecular formula is C11H14O2S. The number of carboxylic acids is 1. The second kappa shape index (κ2) is 4.13. The van der Waals surface area contributed by atoms with E-state index >= 15 is 0 Å². The molecule has 0 saturated carbocycles. The summed E-state index contributed by atoms with van der Waals surface area (Å²) in [7, 11) is 0. The molecule has 0 radical (unpaired) electrons. The lowest BCUT2D eigenvalue weighted by molar-refractivity contribution is -0.137. The molecule has 2 rings (SSSR count). The van der Waals surface area contributed by atoms with Crippen molar-refractivity contribution in [2.24, 2.45) is 0 Å². The van der Waals surface area contributed by atoms with Gasteiger partial charge in [0, 0.05) is 16.2 Å². The maximum absolute atomic E-state index is 10.3. The minimum absolute atomic E-state index is 0.294. The number of carbonyl (C=O) groups is 1. The van der Waals surface area contributed by atoms with Crippen molar-refractivity contribution in [1.29, 1.82) is 0 Å². The molecule has 0 unspecified atom stereocenters. The fraction of sp³-hybridized carbons (Fsp3) is 0.545. The quantitative estimate of drug-likeness (QED) is 0.829. The fourth-order valence-corrected chi connectivity index (χ4v) is 3.23. The Morgan fingerprint density at radius 1 is 1.50 bits per heavy atom. The lowest BCUT2D eigenvalue weighted by Gasteiger charge is -1.94. The van der Waals surface area contributed by atoms with Crippen LogP contribution in [-0.2, 0) is 24.1 Å². The van der Waals surface area contributed by atoms with Crippen LogP contribution >= 0.6 is 11.3 Å². The van der Waals surface area contributed by atoms with Crippen molar-refractivity contribution < 1.29 is 9.90 Å². The first-order valence-corrected chi connectivity index (χ1v) is 5.89. The molecule has 0 atom stereocenters. The third-order valence-electron chi connectivity index (χ3n) is 2.61. The molecule has 14 heavy (non-hydrogen) atoms. The highest BCUT2D eigenvalue weighted by molar-refractivity contribution is 7.12. The maximum Gasteiger partial charge on any atom is 0.303 e. The Morgan fingerprint density at radius 3 is 3.07 bits per heavy atom. The maximum atomic E-state index is 10.3. The minimum atomic E-state index is -0.686. The van der Waals surface area contributed by atoms with Gasteiger partial charge in [-0.25, -0.2) is 0 Å². The fourth-order valence-electron chi connectivity index (χ4n) is 1.93. The number of thiophene rings is 1. The van der Waals surface area contributed by atoms with E-state index in [0.717, 1.165) is 12.8 Å². The highest BCUT2D eigenvalue weighted by atomic mass is 32.1. The van der Waals surface area contributed by atoms with Crippen LogP contribution in [0.4, 0.5) is 0 Å². The van der Waals surface area contributed by atoms with Gasteiger partial charge in [-0.1, -0.05) is 0 Å². The van der Waals surface area contributed by atoms with Crippen molar-refractivity contribution in [3.63, 3.8) is 0 Å². The van der Waals surface area contributed by atoms with E-state index in [1.807, 2.05) is 11.3 Å². The molecule has 0 spiro atoms. The molecule has 1 aliphatic carbocycles. The molecular weight excluding hydrogens is 196 g/mol. The van der Waals surface area contributed by atoms with Crippen LogP contribution in [0.5, 0.6) is 0 Å². The smallest absolute Gasteiger partial charge is 0.303 e. The van der Waals surface area contributed by atoms with E-state index in [0.29, 0.717) is 6.42 Å². The van der Waals surface area contributed by atoms with Crippen molar-refractivity contribution >= 4 is 17.3 Å². The predicted molar refractivity (Wildman–Crippen MR) is 56.9 cm³/mol. The SMILES string of the molecule is O=C(O)CCCc1cc2c(s1)CCC2. The Balaban J connectivity index is 1.88. The summed E-state index contributed by atoms with van der Waals surface area (Å²) in [6.45, 7) is 0. The zero-order chi connectivity index (χ0) is 9.97. The first-order valence-electron chi connectivity index (χ1n) is 5.08. The molecule has 0 aliphatic heterocycles. The summed E-state index contributed by atoms with van der Waals surface area (Å²) in [5.74, 6) is -0.686. The Kier molecular flexibility index (Phi) is 2.87. The molecule has 3 heteroatoms. The van der Waals surface area contributed by atoms with Crippen LogP contribution in [0.15, 0.2) is 6.07 Å². The van der Waals surface area contributed by atoms with Gasteiger partial charge in [0.15, 0.2) is 0 Å². The Morgan fingerprint density at radius 2 is 2.36 bits per heavy atom. The summed E-state index contributed by atoms with van der Waals surface area (Å²) in [5.41, 5.74) is 1.51. The highest BCUT2D eigenvalue weighted by Crippen LogP contribution is 2.31. The number of hydrogen-bond acceptors (Lipinski definition) is 2. The van der Waals surface area contributed by atoms with Gasteiger partial charge in [-0.3, -0.25) is 4.79 Å². The molecule has 1 aromatic heterocycles. The molecule has 1 heterocycles. The summed E-state index contributed by atoms with van der Waals surface area (Å²) in [4.78, 5) is 13.2. The van der Waals surface area contributed by atoms with E-state index in [9.17, 15) is 4.79 Å². The third-order valence-corrected chi connectivity index (χ3v) is 3.91. The molecule has 1 aliphatic rings. The first kappa shape index (κ1) is 9.71. The number of rotatable bonds is 4. The van der Waals surface area contributed by atoms with Crippen molar-refractivity contribution in [3.05, 3.63) is 21.4 Å². The standard InChI is InChI=1S/C11H14O2S/c12-11(13)6-2-4-9-7-8-3-1-5-10(8)14-9/h7H,1-6H2,(H,12,13). The Hall–Kier alpha value is -0.830. The van der Waals surface area contributed by atoms with Gasteiger partial charge in [0.05, 0.1) is 0 Å². The van der Waals surface area contributed by atoms with Crippen LogP contribution < -0.4 is 0 Å². The van der Waals surface area contributed by atoms with Gasteiger partial charge in [0.1, 0.15) is 0 Å². The van der Waals surface area contributed by atoms with E-state index in [1.54, 1.807) is 0 Å². The Bertz CT molecular complexity index is 320. The van der Waals surface area contributed by atoms with Crippen LogP contribution in [-0.4, -0.2) is 11.1 Å². The largest absolute Gasteiger partial charge is 0.481 e. The summed E-state index contributed by atoms with van der Waals surface area (Å²) in [5, 5.41) is 8.51. The average Bonchev–Trinajstić information content (AvgIpc) is 2.62. The van der Waals surface area contributed by atoms with Crippen LogP contribution in [0.3, 0.4) is 0 Å². The van der Waals surface area contributed by atoms with Crippen molar-refractivity contribution in [2.75, 3.05) is 0 Å². The minimum Gasteiger partial charge on any atom is -0.481 e. The second-order valence-electron chi connectivity index (χ2n) is 3.76. The van der Waals surface area contributed by atoms with E-state index in [1.165, 1.54) is 34.6 Å². The summed E-state index contributed by atoms with van der Waals surface area (Å²) >= 11 is 1.88. The number of fused-ring (bicyclic) bond motifs is 1. The molecule has 0 amide bonds. The van der Waals surface area contributed by atoms with Crippen molar-refractivity contribution in [3.8, 4) is 0 Å². The average molecular weight is 210 g/mol. The molecule has 0 bridgehead atoms. The van der Waals surface area contributed by atoms with Crippen molar-refractivity contribution in [2.45, 2.75) is 38.5 Å². The highest BCUT2D eigenvalue weighted by Gasteiger charge is 2.14. The molecule has 76 valence electrons. The molecule has 1 aromatic rings. The number of aryl methyl sites for hydroxylation is 3. The van der Waals surface area contributed by atoms with E-state index in [4.69, 9.17) is 5.11 Å². The van der Waals surface area contributed by atoms with Crippen LogP contribution in [0.1, 0.15) is 34.6 Å². The summed E-state index contributed by atoms with van der Waals surface area (Å²) < 4.78 is 0. The van der Waals surface area contributed by atoms with E-state index in [2.05, 4.69) is 6.07 Å². The summed E-state index contributed by atoms with van der Waals surface area (Å²) in [6.07, 6.45) is 5.77. The Labute approximate surface area is 87.6 Å². The van der Waals surface area contributed by atoms with Crippen LogP contribution in [0, 0.1) is 0 Å². The van der Waals surface area contributed by atoms with Gasteiger partial charge in [0.2, 0.25) is 0 Å². The number of carboxylic acid groups (broad SMARTS) is 1. The molecule has 0 saturated heterocycles. The number of hydrogen-bond donors (Lipinski definition) is 1. The van der Waals surface area contributed by atoms with E-state index in [-0.39, 0.29) is 0 Å². The lowest BCUT2D eigenvalue weighted by atomic mass is 10.2.